The number of aliphatic hydroxyl groups is 1. The highest BCUT2D eigenvalue weighted by Gasteiger charge is 2.35. The molecule has 19 heavy (non-hydrogen) atoms. The molecule has 3 heterocycles. The summed E-state index contributed by atoms with van der Waals surface area (Å²) in [4.78, 5) is 12.2. The maximum absolute atomic E-state index is 10.1. The average molecular weight is 281 g/mol. The van der Waals surface area contributed by atoms with E-state index in [1.807, 2.05) is 6.26 Å². The number of ether oxygens (including phenoxy) is 1. The van der Waals surface area contributed by atoms with Gasteiger partial charge in [0, 0.05) is 12.2 Å². The molecular formula is C11H15N5O2S. The second kappa shape index (κ2) is 4.95. The summed E-state index contributed by atoms with van der Waals surface area (Å²) in [6.07, 6.45) is 4.63. The van der Waals surface area contributed by atoms with Gasteiger partial charge >= 0.3 is 0 Å². The van der Waals surface area contributed by atoms with Crippen LogP contribution in [-0.2, 0) is 4.74 Å². The number of anilines is 1. The van der Waals surface area contributed by atoms with Gasteiger partial charge in [0.05, 0.1) is 12.4 Å². The average Bonchev–Trinajstić information content (AvgIpc) is 2.94. The Morgan fingerprint density at radius 3 is 3.16 bits per heavy atom. The summed E-state index contributed by atoms with van der Waals surface area (Å²) in [5, 5.41) is 10.1. The van der Waals surface area contributed by atoms with Crippen LogP contribution in [-0.4, -0.2) is 48.8 Å². The summed E-state index contributed by atoms with van der Waals surface area (Å²) in [7, 11) is 0. The topological polar surface area (TPSA) is 99.1 Å². The molecule has 2 aromatic heterocycles. The molecule has 102 valence electrons. The predicted molar refractivity (Wildman–Crippen MR) is 72.7 cm³/mol. The molecule has 0 bridgehead atoms. The van der Waals surface area contributed by atoms with Gasteiger partial charge in [-0.2, -0.15) is 11.8 Å². The molecule has 0 unspecified atom stereocenters. The number of aliphatic hydroxyl groups excluding tert-OH is 1. The highest BCUT2D eigenvalue weighted by atomic mass is 32.2. The van der Waals surface area contributed by atoms with Crippen LogP contribution in [0.4, 0.5) is 5.82 Å². The zero-order chi connectivity index (χ0) is 13.4. The molecule has 1 aliphatic heterocycles. The molecule has 0 amide bonds. The van der Waals surface area contributed by atoms with E-state index < -0.39 is 12.3 Å². The van der Waals surface area contributed by atoms with E-state index in [4.69, 9.17) is 10.5 Å². The lowest BCUT2D eigenvalue weighted by Crippen LogP contribution is -2.19. The van der Waals surface area contributed by atoms with E-state index >= 15 is 0 Å². The third-order valence-corrected chi connectivity index (χ3v) is 3.88. The summed E-state index contributed by atoms with van der Waals surface area (Å²) in [5.41, 5.74) is 6.86. The lowest BCUT2D eigenvalue weighted by Gasteiger charge is -2.16. The van der Waals surface area contributed by atoms with E-state index in [9.17, 15) is 5.11 Å². The second-order valence-electron chi connectivity index (χ2n) is 4.49. The van der Waals surface area contributed by atoms with Crippen molar-refractivity contribution in [2.75, 3.05) is 17.7 Å². The zero-order valence-electron chi connectivity index (χ0n) is 10.4. The molecule has 0 radical (unpaired) electrons. The fourth-order valence-electron chi connectivity index (χ4n) is 2.33. The molecule has 2 aromatic rings. The number of fused-ring (bicyclic) bond motifs is 1. The maximum atomic E-state index is 10.1. The first kappa shape index (κ1) is 12.6. The van der Waals surface area contributed by atoms with Crippen molar-refractivity contribution in [1.82, 2.24) is 19.5 Å². The van der Waals surface area contributed by atoms with Gasteiger partial charge in [-0.3, -0.25) is 4.57 Å². The van der Waals surface area contributed by atoms with Gasteiger partial charge < -0.3 is 15.6 Å². The van der Waals surface area contributed by atoms with Crippen LogP contribution < -0.4 is 5.73 Å². The van der Waals surface area contributed by atoms with Crippen molar-refractivity contribution in [2.24, 2.45) is 0 Å². The molecule has 0 spiro atoms. The molecule has 1 saturated heterocycles. The van der Waals surface area contributed by atoms with Crippen LogP contribution in [0, 0.1) is 0 Å². The van der Waals surface area contributed by atoms with E-state index in [1.165, 1.54) is 6.33 Å². The minimum absolute atomic E-state index is 0.0478. The lowest BCUT2D eigenvalue weighted by molar-refractivity contribution is -0.0285. The van der Waals surface area contributed by atoms with Crippen LogP contribution in [0.1, 0.15) is 12.6 Å². The third-order valence-electron chi connectivity index (χ3n) is 3.18. The van der Waals surface area contributed by atoms with Crippen LogP contribution in [0.3, 0.4) is 0 Å². The van der Waals surface area contributed by atoms with Gasteiger partial charge in [0.2, 0.25) is 0 Å². The van der Waals surface area contributed by atoms with Gasteiger partial charge in [0.25, 0.3) is 0 Å². The first-order valence-corrected chi connectivity index (χ1v) is 7.35. The second-order valence-corrected chi connectivity index (χ2v) is 5.40. The summed E-state index contributed by atoms with van der Waals surface area (Å²) >= 11 is 1.70. The van der Waals surface area contributed by atoms with Crippen molar-refractivity contribution in [2.45, 2.75) is 24.9 Å². The molecule has 3 N–H and O–H groups in total. The van der Waals surface area contributed by atoms with Gasteiger partial charge in [0.15, 0.2) is 17.7 Å². The third kappa shape index (κ3) is 2.15. The Balaban J connectivity index is 1.94. The van der Waals surface area contributed by atoms with E-state index in [0.717, 1.165) is 5.75 Å². The smallest absolute Gasteiger partial charge is 0.167 e. The SMILES string of the molecule is CSC[C@@H]1C[C@H](O)[C@H](n2cnc3c(N)ncnc32)O1. The highest BCUT2D eigenvalue weighted by molar-refractivity contribution is 7.98. The quantitative estimate of drug-likeness (QED) is 0.841. The largest absolute Gasteiger partial charge is 0.388 e. The van der Waals surface area contributed by atoms with E-state index in [0.29, 0.717) is 23.4 Å². The molecule has 3 rings (SSSR count). The zero-order valence-corrected chi connectivity index (χ0v) is 11.2. The number of nitrogen functional groups attached to an aromatic ring is 1. The van der Waals surface area contributed by atoms with Gasteiger partial charge in [-0.25, -0.2) is 15.0 Å². The van der Waals surface area contributed by atoms with Crippen molar-refractivity contribution in [3.8, 4) is 0 Å². The molecular weight excluding hydrogens is 266 g/mol. The standard InChI is InChI=1S/C11H15N5O2S/c1-19-3-6-2-7(17)11(18-6)16-5-15-8-9(12)13-4-14-10(8)16/h4-7,11,17H,2-3H2,1H3,(H2,12,13,14)/t6-,7-,11+/m0/s1. The molecule has 7 nitrogen and oxygen atoms in total. The van der Waals surface area contributed by atoms with Gasteiger partial charge in [0.1, 0.15) is 17.9 Å². The van der Waals surface area contributed by atoms with Crippen molar-refractivity contribution in [1.29, 1.82) is 0 Å². The Bertz CT molecular complexity index is 589. The molecule has 1 fully saturated rings. The number of nitrogens with zero attached hydrogens (tertiary/aromatic N) is 4. The van der Waals surface area contributed by atoms with Crippen LogP contribution in [0.25, 0.3) is 11.2 Å². The Kier molecular flexibility index (Phi) is 3.29. The summed E-state index contributed by atoms with van der Waals surface area (Å²) in [6.45, 7) is 0. The fraction of sp³-hybridized carbons (Fsp3) is 0.545. The number of rotatable bonds is 3. The van der Waals surface area contributed by atoms with E-state index in [-0.39, 0.29) is 6.10 Å². The molecule has 0 aromatic carbocycles. The van der Waals surface area contributed by atoms with Crippen LogP contribution in [0.2, 0.25) is 0 Å². The Labute approximate surface area is 114 Å². The monoisotopic (exact) mass is 281 g/mol. The Morgan fingerprint density at radius 2 is 2.37 bits per heavy atom. The summed E-state index contributed by atoms with van der Waals surface area (Å²) in [5.74, 6) is 1.19. The number of hydrogen-bond acceptors (Lipinski definition) is 7. The van der Waals surface area contributed by atoms with Gasteiger partial charge in [-0.05, 0) is 6.26 Å². The van der Waals surface area contributed by atoms with E-state index in [1.54, 1.807) is 22.7 Å². The summed E-state index contributed by atoms with van der Waals surface area (Å²) < 4.78 is 7.58. The molecule has 0 saturated carbocycles. The molecule has 1 aliphatic rings. The predicted octanol–water partition coefficient (Wildman–Crippen LogP) is 0.420. The van der Waals surface area contributed by atoms with Crippen molar-refractivity contribution in [3.63, 3.8) is 0 Å². The highest BCUT2D eigenvalue weighted by Crippen LogP contribution is 2.32. The summed E-state index contributed by atoms with van der Waals surface area (Å²) in [6, 6.07) is 0. The molecule has 0 aliphatic carbocycles. The maximum Gasteiger partial charge on any atom is 0.167 e. The lowest BCUT2D eigenvalue weighted by atomic mass is 10.2. The first-order chi connectivity index (χ1) is 9.20. The van der Waals surface area contributed by atoms with E-state index in [2.05, 4.69) is 15.0 Å². The Morgan fingerprint density at radius 1 is 1.53 bits per heavy atom. The van der Waals surface area contributed by atoms with Gasteiger partial charge in [-0.1, -0.05) is 0 Å². The minimum atomic E-state index is -0.564. The van der Waals surface area contributed by atoms with Gasteiger partial charge in [-0.15, -0.1) is 0 Å². The normalized spacial score (nSPS) is 27.2. The number of aromatic nitrogens is 4. The van der Waals surface area contributed by atoms with Crippen LogP contribution >= 0.6 is 11.8 Å². The number of hydrogen-bond donors (Lipinski definition) is 2. The first-order valence-electron chi connectivity index (χ1n) is 5.96. The molecule has 3 atom stereocenters. The number of thioether (sulfide) groups is 1. The van der Waals surface area contributed by atoms with Crippen LogP contribution in [0.5, 0.6) is 0 Å². The minimum Gasteiger partial charge on any atom is -0.388 e. The number of imidazole rings is 1. The molecule has 8 heteroatoms. The Hall–Kier alpha value is -1.38. The number of nitrogens with two attached hydrogens (primary N) is 1. The van der Waals surface area contributed by atoms with Crippen LogP contribution in [0.15, 0.2) is 12.7 Å². The fourth-order valence-corrected chi connectivity index (χ4v) is 2.92. The van der Waals surface area contributed by atoms with Crippen molar-refractivity contribution >= 4 is 28.7 Å². The van der Waals surface area contributed by atoms with Crippen molar-refractivity contribution < 1.29 is 9.84 Å². The van der Waals surface area contributed by atoms with Crippen molar-refractivity contribution in [3.05, 3.63) is 12.7 Å².